The van der Waals surface area contributed by atoms with E-state index in [2.05, 4.69) is 29.8 Å². The molecular weight excluding hydrogens is 404 g/mol. The molecule has 0 saturated heterocycles. The number of para-hydroxylation sites is 1. The highest BCUT2D eigenvalue weighted by molar-refractivity contribution is 9.10. The number of ether oxygens (including phenoxy) is 2. The van der Waals surface area contributed by atoms with Crippen molar-refractivity contribution in [2.75, 3.05) is 6.61 Å². The molecule has 140 valence electrons. The fourth-order valence-electron chi connectivity index (χ4n) is 2.76. The van der Waals surface area contributed by atoms with Crippen LogP contribution in [0, 0.1) is 0 Å². The maximum Gasteiger partial charge on any atom is 0.129 e. The predicted molar refractivity (Wildman–Crippen MR) is 111 cm³/mol. The number of rotatable bonds is 7. The third-order valence-corrected chi connectivity index (χ3v) is 4.97. The fraction of sp³-hybridized carbons (Fsp3) is 0.217. The lowest BCUT2D eigenvalue weighted by Gasteiger charge is -2.25. The summed E-state index contributed by atoms with van der Waals surface area (Å²) in [4.78, 5) is 0. The molecule has 0 fully saturated rings. The van der Waals surface area contributed by atoms with Crippen molar-refractivity contribution < 1.29 is 14.6 Å². The molecule has 3 nitrogen and oxygen atoms in total. The minimum atomic E-state index is -0.172. The summed E-state index contributed by atoms with van der Waals surface area (Å²) in [7, 11) is 0. The molecule has 0 aliphatic rings. The molecule has 27 heavy (non-hydrogen) atoms. The van der Waals surface area contributed by atoms with Crippen molar-refractivity contribution >= 4 is 15.9 Å². The zero-order valence-corrected chi connectivity index (χ0v) is 17.1. The van der Waals surface area contributed by atoms with Gasteiger partial charge in [-0.15, -0.1) is 0 Å². The Hall–Kier alpha value is -2.30. The van der Waals surface area contributed by atoms with Crippen LogP contribution in [0.15, 0.2) is 77.3 Å². The average molecular weight is 427 g/mol. The maximum atomic E-state index is 9.68. The van der Waals surface area contributed by atoms with E-state index in [9.17, 15) is 5.11 Å². The summed E-state index contributed by atoms with van der Waals surface area (Å²) in [5, 5.41) is 9.68. The summed E-state index contributed by atoms with van der Waals surface area (Å²) < 4.78 is 12.5. The topological polar surface area (TPSA) is 38.7 Å². The van der Waals surface area contributed by atoms with Crippen LogP contribution in [0.4, 0.5) is 0 Å². The van der Waals surface area contributed by atoms with Crippen LogP contribution in [-0.2, 0) is 16.8 Å². The van der Waals surface area contributed by atoms with Crippen LogP contribution in [0.3, 0.4) is 0 Å². The van der Waals surface area contributed by atoms with Gasteiger partial charge in [0, 0.05) is 5.41 Å². The van der Waals surface area contributed by atoms with Crippen LogP contribution in [0.1, 0.15) is 25.0 Å². The van der Waals surface area contributed by atoms with Crippen molar-refractivity contribution in [1.82, 2.24) is 0 Å². The summed E-state index contributed by atoms with van der Waals surface area (Å²) in [5.41, 5.74) is 1.99. The zero-order valence-electron chi connectivity index (χ0n) is 15.5. The van der Waals surface area contributed by atoms with E-state index in [1.54, 1.807) is 6.07 Å². The third-order valence-electron chi connectivity index (χ3n) is 4.34. The lowest BCUT2D eigenvalue weighted by atomic mass is 9.85. The Morgan fingerprint density at radius 1 is 0.889 bits per heavy atom. The maximum absolute atomic E-state index is 9.68. The Kier molecular flexibility index (Phi) is 6.19. The predicted octanol–water partition coefficient (Wildman–Crippen LogP) is 6.44. The number of phenols is 1. The van der Waals surface area contributed by atoms with Crippen LogP contribution >= 0.6 is 15.9 Å². The minimum absolute atomic E-state index is 0.172. The molecule has 0 aliphatic carbocycles. The number of aromatic hydroxyl groups is 1. The van der Waals surface area contributed by atoms with Gasteiger partial charge >= 0.3 is 0 Å². The first kappa shape index (κ1) is 19.5. The van der Waals surface area contributed by atoms with Gasteiger partial charge in [0.05, 0.1) is 17.7 Å². The SMILES string of the molecule is CC(C)(COCc1cccc(Oc2ccccc2)c1)c1ccc(O)c(Br)c1. The Bertz CT molecular complexity index is 891. The van der Waals surface area contributed by atoms with Crippen molar-refractivity contribution in [3.63, 3.8) is 0 Å². The number of hydrogen-bond donors (Lipinski definition) is 1. The monoisotopic (exact) mass is 426 g/mol. The first-order valence-electron chi connectivity index (χ1n) is 8.83. The van der Waals surface area contributed by atoms with Crippen LogP contribution < -0.4 is 4.74 Å². The summed E-state index contributed by atoms with van der Waals surface area (Å²) in [6, 6.07) is 23.2. The minimum Gasteiger partial charge on any atom is -0.507 e. The van der Waals surface area contributed by atoms with E-state index in [1.165, 1.54) is 0 Å². The van der Waals surface area contributed by atoms with E-state index in [0.717, 1.165) is 22.6 Å². The van der Waals surface area contributed by atoms with E-state index in [-0.39, 0.29) is 11.2 Å². The van der Waals surface area contributed by atoms with Gasteiger partial charge in [-0.3, -0.25) is 0 Å². The van der Waals surface area contributed by atoms with Gasteiger partial charge in [0.2, 0.25) is 0 Å². The second-order valence-corrected chi connectivity index (χ2v) is 7.96. The lowest BCUT2D eigenvalue weighted by molar-refractivity contribution is 0.0824. The van der Waals surface area contributed by atoms with Crippen molar-refractivity contribution in [2.45, 2.75) is 25.9 Å². The van der Waals surface area contributed by atoms with Gasteiger partial charge in [0.25, 0.3) is 0 Å². The van der Waals surface area contributed by atoms with Gasteiger partial charge in [0.1, 0.15) is 17.2 Å². The van der Waals surface area contributed by atoms with Gasteiger partial charge in [-0.2, -0.15) is 0 Å². The van der Waals surface area contributed by atoms with Crippen LogP contribution in [0.2, 0.25) is 0 Å². The second-order valence-electron chi connectivity index (χ2n) is 7.11. The number of phenolic OH excluding ortho intramolecular Hbond substituents is 1. The lowest BCUT2D eigenvalue weighted by Crippen LogP contribution is -2.24. The van der Waals surface area contributed by atoms with Crippen molar-refractivity contribution in [2.24, 2.45) is 0 Å². The van der Waals surface area contributed by atoms with Gasteiger partial charge in [-0.1, -0.05) is 50.2 Å². The highest BCUT2D eigenvalue weighted by Gasteiger charge is 2.22. The largest absolute Gasteiger partial charge is 0.507 e. The quantitative estimate of drug-likeness (QED) is 0.472. The smallest absolute Gasteiger partial charge is 0.129 e. The first-order chi connectivity index (χ1) is 12.9. The van der Waals surface area contributed by atoms with Crippen LogP contribution in [-0.4, -0.2) is 11.7 Å². The van der Waals surface area contributed by atoms with Crippen LogP contribution in [0.25, 0.3) is 0 Å². The molecule has 0 saturated carbocycles. The number of benzene rings is 3. The first-order valence-corrected chi connectivity index (χ1v) is 9.62. The van der Waals surface area contributed by atoms with Gasteiger partial charge < -0.3 is 14.6 Å². The highest BCUT2D eigenvalue weighted by Crippen LogP contribution is 2.31. The molecule has 4 heteroatoms. The molecule has 3 aromatic carbocycles. The van der Waals surface area contributed by atoms with Crippen LogP contribution in [0.5, 0.6) is 17.2 Å². The van der Waals surface area contributed by atoms with E-state index in [0.29, 0.717) is 17.7 Å². The fourth-order valence-corrected chi connectivity index (χ4v) is 3.14. The molecule has 3 aromatic rings. The van der Waals surface area contributed by atoms with Gasteiger partial charge in [-0.25, -0.2) is 0 Å². The van der Waals surface area contributed by atoms with Gasteiger partial charge in [-0.05, 0) is 63.5 Å². The molecule has 0 spiro atoms. The Balaban J connectivity index is 1.59. The molecule has 0 heterocycles. The third kappa shape index (κ3) is 5.34. The Labute approximate surface area is 168 Å². The summed E-state index contributed by atoms with van der Waals surface area (Å²) in [6.07, 6.45) is 0. The average Bonchev–Trinajstić information content (AvgIpc) is 2.65. The Morgan fingerprint density at radius 3 is 2.37 bits per heavy atom. The molecule has 0 aromatic heterocycles. The van der Waals surface area contributed by atoms with Gasteiger partial charge in [0.15, 0.2) is 0 Å². The number of halogens is 1. The standard InChI is InChI=1S/C23H23BrO3/c1-23(2,18-11-12-22(25)21(24)14-18)16-26-15-17-7-6-10-20(13-17)27-19-8-4-3-5-9-19/h3-14,25H,15-16H2,1-2H3. The zero-order chi connectivity index (χ0) is 19.3. The van der Waals surface area contributed by atoms with Crippen molar-refractivity contribution in [3.8, 4) is 17.2 Å². The van der Waals surface area contributed by atoms with E-state index in [4.69, 9.17) is 9.47 Å². The molecule has 0 bridgehead atoms. The second kappa shape index (κ2) is 8.59. The molecule has 0 amide bonds. The summed E-state index contributed by atoms with van der Waals surface area (Å²) >= 11 is 3.37. The number of hydrogen-bond acceptors (Lipinski definition) is 3. The van der Waals surface area contributed by atoms with Crippen molar-refractivity contribution in [1.29, 1.82) is 0 Å². The molecule has 0 radical (unpaired) electrons. The highest BCUT2D eigenvalue weighted by atomic mass is 79.9. The van der Waals surface area contributed by atoms with Crippen molar-refractivity contribution in [3.05, 3.63) is 88.4 Å². The molecule has 3 rings (SSSR count). The Morgan fingerprint density at radius 2 is 1.63 bits per heavy atom. The summed E-state index contributed by atoms with van der Waals surface area (Å²) in [5.74, 6) is 1.85. The van der Waals surface area contributed by atoms with E-state index >= 15 is 0 Å². The van der Waals surface area contributed by atoms with E-state index < -0.39 is 0 Å². The molecule has 0 aliphatic heterocycles. The molecule has 0 unspecified atom stereocenters. The molecule has 0 atom stereocenters. The van der Waals surface area contributed by atoms with E-state index in [1.807, 2.05) is 66.7 Å². The molecule has 1 N–H and O–H groups in total. The normalized spacial score (nSPS) is 11.4. The molecular formula is C23H23BrO3. The summed E-state index contributed by atoms with van der Waals surface area (Å²) in [6.45, 7) is 5.32.